The standard InChI is InChI=1S/C21H33NO2/c1-7-8-14-18(17-12-10-9-11-13-17)22-19(16(2)3)15-20(23)24-21(4,5)6/h7,9-13,16,18-19,22H,1,8,14-15H2,2-6H3. The minimum Gasteiger partial charge on any atom is -0.460 e. The van der Waals surface area contributed by atoms with Crippen molar-refractivity contribution in [3.05, 3.63) is 48.6 Å². The van der Waals surface area contributed by atoms with Crippen LogP contribution < -0.4 is 5.32 Å². The molecule has 2 unspecified atom stereocenters. The number of allylic oxidation sites excluding steroid dienone is 1. The number of ether oxygens (including phenoxy) is 1. The molecule has 0 spiro atoms. The average molecular weight is 332 g/mol. The molecule has 0 amide bonds. The molecule has 3 heteroatoms. The largest absolute Gasteiger partial charge is 0.460 e. The fourth-order valence-electron chi connectivity index (χ4n) is 2.62. The van der Waals surface area contributed by atoms with E-state index >= 15 is 0 Å². The van der Waals surface area contributed by atoms with Crippen LogP contribution in [-0.2, 0) is 9.53 Å². The molecule has 0 bridgehead atoms. The Labute approximate surface area is 147 Å². The molecular weight excluding hydrogens is 298 g/mol. The molecular formula is C21H33NO2. The molecule has 0 aliphatic rings. The quantitative estimate of drug-likeness (QED) is 0.509. The maximum atomic E-state index is 12.2. The molecule has 1 aromatic carbocycles. The van der Waals surface area contributed by atoms with E-state index < -0.39 is 5.60 Å². The number of carbonyl (C=O) groups excluding carboxylic acids is 1. The van der Waals surface area contributed by atoms with E-state index in [1.165, 1.54) is 5.56 Å². The monoisotopic (exact) mass is 331 g/mol. The van der Waals surface area contributed by atoms with Gasteiger partial charge in [-0.05, 0) is 45.1 Å². The zero-order valence-corrected chi connectivity index (χ0v) is 15.8. The van der Waals surface area contributed by atoms with Crippen molar-refractivity contribution >= 4 is 5.97 Å². The summed E-state index contributed by atoms with van der Waals surface area (Å²) in [5.74, 6) is 0.191. The van der Waals surface area contributed by atoms with Gasteiger partial charge in [-0.1, -0.05) is 50.3 Å². The third kappa shape index (κ3) is 7.78. The van der Waals surface area contributed by atoms with Crippen LogP contribution in [0.4, 0.5) is 0 Å². The summed E-state index contributed by atoms with van der Waals surface area (Å²) in [5, 5.41) is 3.67. The Balaban J connectivity index is 2.81. The van der Waals surface area contributed by atoms with Gasteiger partial charge in [-0.15, -0.1) is 6.58 Å². The van der Waals surface area contributed by atoms with Crippen molar-refractivity contribution < 1.29 is 9.53 Å². The molecule has 0 radical (unpaired) electrons. The van der Waals surface area contributed by atoms with E-state index in [4.69, 9.17) is 4.74 Å². The van der Waals surface area contributed by atoms with Crippen molar-refractivity contribution in [1.29, 1.82) is 0 Å². The van der Waals surface area contributed by atoms with Gasteiger partial charge >= 0.3 is 5.97 Å². The lowest BCUT2D eigenvalue weighted by Crippen LogP contribution is -2.40. The van der Waals surface area contributed by atoms with Gasteiger partial charge in [0.15, 0.2) is 0 Å². The van der Waals surface area contributed by atoms with Crippen LogP contribution in [0.15, 0.2) is 43.0 Å². The average Bonchev–Trinajstić information content (AvgIpc) is 2.49. The molecule has 2 atom stereocenters. The summed E-state index contributed by atoms with van der Waals surface area (Å²) in [6.45, 7) is 13.8. The molecule has 3 nitrogen and oxygen atoms in total. The van der Waals surface area contributed by atoms with Crippen LogP contribution in [0.2, 0.25) is 0 Å². The van der Waals surface area contributed by atoms with Crippen molar-refractivity contribution in [1.82, 2.24) is 5.32 Å². The number of nitrogens with one attached hydrogen (secondary N) is 1. The Kier molecular flexibility index (Phi) is 8.20. The van der Waals surface area contributed by atoms with Gasteiger partial charge in [-0.2, -0.15) is 0 Å². The number of esters is 1. The lowest BCUT2D eigenvalue weighted by Gasteiger charge is -2.29. The van der Waals surface area contributed by atoms with Crippen LogP contribution >= 0.6 is 0 Å². The van der Waals surface area contributed by atoms with E-state index in [1.54, 1.807) is 0 Å². The molecule has 1 rings (SSSR count). The predicted octanol–water partition coefficient (Wildman–Crippen LogP) is 5.04. The number of carbonyl (C=O) groups is 1. The van der Waals surface area contributed by atoms with Crippen molar-refractivity contribution in [2.24, 2.45) is 5.92 Å². The highest BCUT2D eigenvalue weighted by molar-refractivity contribution is 5.70. The lowest BCUT2D eigenvalue weighted by atomic mass is 9.95. The van der Waals surface area contributed by atoms with E-state index in [9.17, 15) is 4.79 Å². The molecule has 0 aromatic heterocycles. The van der Waals surface area contributed by atoms with Crippen LogP contribution in [-0.4, -0.2) is 17.6 Å². The second-order valence-corrected chi connectivity index (χ2v) is 7.64. The molecule has 0 saturated carbocycles. The second-order valence-electron chi connectivity index (χ2n) is 7.64. The third-order valence-electron chi connectivity index (χ3n) is 3.89. The SMILES string of the molecule is C=CCCC(NC(CC(=O)OC(C)(C)C)C(C)C)c1ccccc1. The van der Waals surface area contributed by atoms with Gasteiger partial charge in [-0.3, -0.25) is 4.79 Å². The highest BCUT2D eigenvalue weighted by atomic mass is 16.6. The fourth-order valence-corrected chi connectivity index (χ4v) is 2.62. The second kappa shape index (κ2) is 9.63. The number of benzene rings is 1. The Hall–Kier alpha value is -1.61. The number of hydrogen-bond donors (Lipinski definition) is 1. The van der Waals surface area contributed by atoms with E-state index in [0.29, 0.717) is 12.3 Å². The maximum Gasteiger partial charge on any atom is 0.307 e. The van der Waals surface area contributed by atoms with Gasteiger partial charge in [0.25, 0.3) is 0 Å². The van der Waals surface area contributed by atoms with Crippen molar-refractivity contribution in [3.63, 3.8) is 0 Å². The van der Waals surface area contributed by atoms with Gasteiger partial charge in [-0.25, -0.2) is 0 Å². The summed E-state index contributed by atoms with van der Waals surface area (Å²) in [5.41, 5.74) is 0.800. The van der Waals surface area contributed by atoms with Gasteiger partial charge in [0.2, 0.25) is 0 Å². The van der Waals surface area contributed by atoms with Crippen molar-refractivity contribution in [2.75, 3.05) is 0 Å². The van der Waals surface area contributed by atoms with Crippen LogP contribution in [0.25, 0.3) is 0 Å². The van der Waals surface area contributed by atoms with Crippen molar-refractivity contribution in [3.8, 4) is 0 Å². The molecule has 0 aliphatic carbocycles. The first-order valence-corrected chi connectivity index (χ1v) is 8.86. The zero-order valence-electron chi connectivity index (χ0n) is 15.8. The van der Waals surface area contributed by atoms with E-state index in [1.807, 2.05) is 32.9 Å². The van der Waals surface area contributed by atoms with Crippen LogP contribution in [0.3, 0.4) is 0 Å². The highest BCUT2D eigenvalue weighted by Gasteiger charge is 2.25. The maximum absolute atomic E-state index is 12.2. The number of hydrogen-bond acceptors (Lipinski definition) is 3. The smallest absolute Gasteiger partial charge is 0.307 e. The zero-order chi connectivity index (χ0) is 18.2. The Morgan fingerprint density at radius 3 is 2.38 bits per heavy atom. The summed E-state index contributed by atoms with van der Waals surface area (Å²) in [7, 11) is 0. The third-order valence-corrected chi connectivity index (χ3v) is 3.89. The van der Waals surface area contributed by atoms with Gasteiger partial charge in [0.05, 0.1) is 6.42 Å². The Bertz CT molecular complexity index is 502. The van der Waals surface area contributed by atoms with E-state index in [-0.39, 0.29) is 18.1 Å². The summed E-state index contributed by atoms with van der Waals surface area (Å²) >= 11 is 0. The summed E-state index contributed by atoms with van der Waals surface area (Å²) in [4.78, 5) is 12.2. The fraction of sp³-hybridized carbons (Fsp3) is 0.571. The van der Waals surface area contributed by atoms with E-state index in [2.05, 4.69) is 50.0 Å². The number of rotatable bonds is 9. The van der Waals surface area contributed by atoms with Crippen molar-refractivity contribution in [2.45, 2.75) is 71.6 Å². The minimum atomic E-state index is -0.444. The first kappa shape index (κ1) is 20.4. The highest BCUT2D eigenvalue weighted by Crippen LogP contribution is 2.22. The molecule has 24 heavy (non-hydrogen) atoms. The van der Waals surface area contributed by atoms with Crippen LogP contribution in [0, 0.1) is 5.92 Å². The predicted molar refractivity (Wildman–Crippen MR) is 101 cm³/mol. The van der Waals surface area contributed by atoms with Crippen LogP contribution in [0.1, 0.15) is 65.5 Å². The Morgan fingerprint density at radius 2 is 1.88 bits per heavy atom. The first-order valence-electron chi connectivity index (χ1n) is 8.86. The van der Waals surface area contributed by atoms with Gasteiger partial charge < -0.3 is 10.1 Å². The summed E-state index contributed by atoms with van der Waals surface area (Å²) < 4.78 is 5.49. The molecule has 134 valence electrons. The first-order chi connectivity index (χ1) is 11.2. The van der Waals surface area contributed by atoms with Crippen LogP contribution in [0.5, 0.6) is 0 Å². The molecule has 0 saturated heterocycles. The lowest BCUT2D eigenvalue weighted by molar-refractivity contribution is -0.155. The van der Waals surface area contributed by atoms with E-state index in [0.717, 1.165) is 12.8 Å². The molecule has 0 fully saturated rings. The Morgan fingerprint density at radius 1 is 1.25 bits per heavy atom. The van der Waals surface area contributed by atoms with Gasteiger partial charge in [0.1, 0.15) is 5.60 Å². The molecule has 1 aromatic rings. The molecule has 1 N–H and O–H groups in total. The van der Waals surface area contributed by atoms with Gasteiger partial charge in [0, 0.05) is 12.1 Å². The normalized spacial score (nSPS) is 14.2. The molecule has 0 aliphatic heterocycles. The summed E-state index contributed by atoms with van der Waals surface area (Å²) in [6, 6.07) is 10.7. The minimum absolute atomic E-state index is 0.0786. The molecule has 0 heterocycles. The topological polar surface area (TPSA) is 38.3 Å². The summed E-state index contributed by atoms with van der Waals surface area (Å²) in [6.07, 6.45) is 4.22.